The van der Waals surface area contributed by atoms with E-state index in [2.05, 4.69) is 41.4 Å². The van der Waals surface area contributed by atoms with Crippen LogP contribution in [0.1, 0.15) is 17.2 Å². The summed E-state index contributed by atoms with van der Waals surface area (Å²) in [4.78, 5) is 2.35. The Morgan fingerprint density at radius 1 is 1.15 bits per heavy atom. The molecular formula is C17H19FN2. The number of rotatable bonds is 2. The molecule has 104 valence electrons. The van der Waals surface area contributed by atoms with E-state index in [4.69, 9.17) is 0 Å². The van der Waals surface area contributed by atoms with Gasteiger partial charge in [0.2, 0.25) is 0 Å². The maximum absolute atomic E-state index is 13.1. The van der Waals surface area contributed by atoms with Crippen LogP contribution in [0.3, 0.4) is 0 Å². The number of anilines is 1. The molecule has 1 fully saturated rings. The number of aryl methyl sites for hydroxylation is 1. The van der Waals surface area contributed by atoms with Gasteiger partial charge in [0, 0.05) is 25.3 Å². The molecule has 3 heteroatoms. The molecule has 1 aliphatic rings. The molecule has 1 heterocycles. The van der Waals surface area contributed by atoms with Gasteiger partial charge in [-0.3, -0.25) is 0 Å². The van der Waals surface area contributed by atoms with E-state index in [1.54, 1.807) is 0 Å². The van der Waals surface area contributed by atoms with E-state index in [1.807, 2.05) is 12.1 Å². The van der Waals surface area contributed by atoms with E-state index in [9.17, 15) is 4.39 Å². The lowest BCUT2D eigenvalue weighted by molar-refractivity contribution is 0.489. The Morgan fingerprint density at radius 2 is 1.95 bits per heavy atom. The maximum Gasteiger partial charge on any atom is 0.123 e. The van der Waals surface area contributed by atoms with Crippen LogP contribution in [-0.2, 0) is 0 Å². The first-order valence-electron chi connectivity index (χ1n) is 7.03. The number of hydrogen-bond acceptors (Lipinski definition) is 2. The van der Waals surface area contributed by atoms with Gasteiger partial charge in [-0.25, -0.2) is 4.39 Å². The van der Waals surface area contributed by atoms with E-state index in [1.165, 1.54) is 23.3 Å². The number of hydrogen-bond donors (Lipinski definition) is 1. The Morgan fingerprint density at radius 3 is 2.70 bits per heavy atom. The summed E-state index contributed by atoms with van der Waals surface area (Å²) in [5, 5.41) is 3.45. The van der Waals surface area contributed by atoms with Gasteiger partial charge < -0.3 is 10.2 Å². The summed E-state index contributed by atoms with van der Waals surface area (Å²) in [6.45, 7) is 4.92. The van der Waals surface area contributed by atoms with E-state index in [0.717, 1.165) is 25.3 Å². The molecule has 0 spiro atoms. The Hall–Kier alpha value is -1.87. The smallest absolute Gasteiger partial charge is 0.123 e. The highest BCUT2D eigenvalue weighted by Crippen LogP contribution is 2.28. The second-order valence-corrected chi connectivity index (χ2v) is 5.30. The summed E-state index contributed by atoms with van der Waals surface area (Å²) in [5.74, 6) is -0.184. The first kappa shape index (κ1) is 13.1. The van der Waals surface area contributed by atoms with Crippen molar-refractivity contribution in [2.45, 2.75) is 13.0 Å². The zero-order chi connectivity index (χ0) is 13.9. The Kier molecular flexibility index (Phi) is 3.70. The Labute approximate surface area is 119 Å². The first-order valence-corrected chi connectivity index (χ1v) is 7.03. The molecule has 0 radical (unpaired) electrons. The summed E-state index contributed by atoms with van der Waals surface area (Å²) in [6.07, 6.45) is 0. The third-order valence-electron chi connectivity index (χ3n) is 3.83. The lowest BCUT2D eigenvalue weighted by atomic mass is 10.0. The molecular weight excluding hydrogens is 251 g/mol. The molecule has 1 N–H and O–H groups in total. The van der Waals surface area contributed by atoms with Crippen LogP contribution in [0.2, 0.25) is 0 Å². The van der Waals surface area contributed by atoms with Crippen LogP contribution in [0.5, 0.6) is 0 Å². The molecule has 0 amide bonds. The van der Waals surface area contributed by atoms with Crippen LogP contribution in [0.4, 0.5) is 10.1 Å². The molecule has 2 aromatic rings. The van der Waals surface area contributed by atoms with Crippen LogP contribution < -0.4 is 10.2 Å². The molecule has 2 nitrogen and oxygen atoms in total. The molecule has 0 aliphatic carbocycles. The third-order valence-corrected chi connectivity index (χ3v) is 3.83. The maximum atomic E-state index is 13.1. The summed E-state index contributed by atoms with van der Waals surface area (Å²) in [6, 6.07) is 15.7. The largest absolute Gasteiger partial charge is 0.362 e. The van der Waals surface area contributed by atoms with Crippen molar-refractivity contribution in [3.8, 4) is 0 Å². The summed E-state index contributed by atoms with van der Waals surface area (Å²) < 4.78 is 13.1. The van der Waals surface area contributed by atoms with Gasteiger partial charge >= 0.3 is 0 Å². The van der Waals surface area contributed by atoms with Crippen molar-refractivity contribution in [1.82, 2.24) is 5.32 Å². The quantitative estimate of drug-likeness (QED) is 0.901. The Bertz CT molecular complexity index is 580. The van der Waals surface area contributed by atoms with Crippen molar-refractivity contribution in [2.75, 3.05) is 24.5 Å². The summed E-state index contributed by atoms with van der Waals surface area (Å²) in [7, 11) is 0. The van der Waals surface area contributed by atoms with Gasteiger partial charge in [-0.1, -0.05) is 29.8 Å². The average Bonchev–Trinajstić information content (AvgIpc) is 2.48. The molecule has 2 aromatic carbocycles. The fraction of sp³-hybridized carbons (Fsp3) is 0.294. The van der Waals surface area contributed by atoms with Crippen LogP contribution in [0.25, 0.3) is 0 Å². The predicted octanol–water partition coefficient (Wildman–Crippen LogP) is 3.29. The highest BCUT2D eigenvalue weighted by molar-refractivity contribution is 5.50. The van der Waals surface area contributed by atoms with E-state index >= 15 is 0 Å². The number of benzene rings is 2. The van der Waals surface area contributed by atoms with Gasteiger partial charge in [0.15, 0.2) is 0 Å². The fourth-order valence-corrected chi connectivity index (χ4v) is 2.82. The molecule has 20 heavy (non-hydrogen) atoms. The first-order chi connectivity index (χ1) is 9.74. The lowest BCUT2D eigenvalue weighted by Gasteiger charge is -2.38. The molecule has 0 aromatic heterocycles. The average molecular weight is 270 g/mol. The van der Waals surface area contributed by atoms with Crippen molar-refractivity contribution in [3.63, 3.8) is 0 Å². The molecule has 1 aliphatic heterocycles. The number of nitrogens with zero attached hydrogens (tertiary/aromatic N) is 1. The highest BCUT2D eigenvalue weighted by atomic mass is 19.1. The molecule has 1 saturated heterocycles. The van der Waals surface area contributed by atoms with Crippen LogP contribution >= 0.6 is 0 Å². The monoisotopic (exact) mass is 270 g/mol. The molecule has 3 rings (SSSR count). The zero-order valence-corrected chi connectivity index (χ0v) is 11.6. The van der Waals surface area contributed by atoms with Gasteiger partial charge in [-0.2, -0.15) is 0 Å². The van der Waals surface area contributed by atoms with Crippen LogP contribution in [0, 0.1) is 12.7 Å². The number of halogens is 1. The second kappa shape index (κ2) is 5.63. The Balaban J connectivity index is 1.93. The number of piperazine rings is 1. The summed E-state index contributed by atoms with van der Waals surface area (Å²) in [5.41, 5.74) is 3.66. The van der Waals surface area contributed by atoms with Gasteiger partial charge in [0.1, 0.15) is 5.82 Å². The lowest BCUT2D eigenvalue weighted by Crippen LogP contribution is -2.46. The summed E-state index contributed by atoms with van der Waals surface area (Å²) >= 11 is 0. The highest BCUT2D eigenvalue weighted by Gasteiger charge is 2.23. The third kappa shape index (κ3) is 2.68. The van der Waals surface area contributed by atoms with Gasteiger partial charge in [0.25, 0.3) is 0 Å². The van der Waals surface area contributed by atoms with Crippen molar-refractivity contribution in [1.29, 1.82) is 0 Å². The normalized spacial score (nSPS) is 19.1. The zero-order valence-electron chi connectivity index (χ0n) is 11.6. The topological polar surface area (TPSA) is 15.3 Å². The minimum Gasteiger partial charge on any atom is -0.362 e. The van der Waals surface area contributed by atoms with Gasteiger partial charge in [-0.05, 0) is 36.8 Å². The molecule has 1 atom stereocenters. The molecule has 0 bridgehead atoms. The van der Waals surface area contributed by atoms with E-state index in [-0.39, 0.29) is 5.82 Å². The minimum absolute atomic E-state index is 0.184. The standard InChI is InChI=1S/C17H19FN2/c1-13-3-2-4-14(11-13)17-12-19-9-10-20(17)16-7-5-15(18)6-8-16/h2-8,11,17,19H,9-10,12H2,1H3. The van der Waals surface area contributed by atoms with E-state index in [0.29, 0.717) is 6.04 Å². The van der Waals surface area contributed by atoms with Crippen molar-refractivity contribution in [2.24, 2.45) is 0 Å². The predicted molar refractivity (Wildman–Crippen MR) is 80.5 cm³/mol. The van der Waals surface area contributed by atoms with Crippen LogP contribution in [0.15, 0.2) is 48.5 Å². The van der Waals surface area contributed by atoms with Crippen LogP contribution in [-0.4, -0.2) is 19.6 Å². The van der Waals surface area contributed by atoms with Crippen molar-refractivity contribution in [3.05, 3.63) is 65.5 Å². The minimum atomic E-state index is -0.184. The van der Waals surface area contributed by atoms with Gasteiger partial charge in [-0.15, -0.1) is 0 Å². The van der Waals surface area contributed by atoms with E-state index < -0.39 is 0 Å². The number of nitrogens with one attached hydrogen (secondary N) is 1. The second-order valence-electron chi connectivity index (χ2n) is 5.30. The fourth-order valence-electron chi connectivity index (χ4n) is 2.82. The van der Waals surface area contributed by atoms with Crippen molar-refractivity contribution < 1.29 is 4.39 Å². The molecule has 0 saturated carbocycles. The SMILES string of the molecule is Cc1cccc(C2CNCCN2c2ccc(F)cc2)c1. The van der Waals surface area contributed by atoms with Crippen molar-refractivity contribution >= 4 is 5.69 Å². The molecule has 1 unspecified atom stereocenters. The van der Waals surface area contributed by atoms with Gasteiger partial charge in [0.05, 0.1) is 6.04 Å².